The number of hydrogen-bond donors (Lipinski definition) is 0. The predicted molar refractivity (Wildman–Crippen MR) is 61.9 cm³/mol. The second-order valence-corrected chi connectivity index (χ2v) is 3.71. The summed E-state index contributed by atoms with van der Waals surface area (Å²) in [6.45, 7) is -0.0199. The zero-order chi connectivity index (χ0) is 13.0. The van der Waals surface area contributed by atoms with Gasteiger partial charge in [-0.15, -0.1) is 0 Å². The third kappa shape index (κ3) is 3.13. The van der Waals surface area contributed by atoms with E-state index in [0.29, 0.717) is 5.56 Å². The van der Waals surface area contributed by atoms with Crippen molar-refractivity contribution in [2.24, 2.45) is 0 Å². The molecule has 92 valence electrons. The standard InChI is InChI=1S/C14H10F2O2/c15-12-6-4-11(5-7-12)14(17)18-9-10-2-1-3-13(16)8-10/h1-8H,9H2. The van der Waals surface area contributed by atoms with Gasteiger partial charge >= 0.3 is 5.97 Å². The number of carbonyl (C=O) groups is 1. The van der Waals surface area contributed by atoms with Gasteiger partial charge in [0.2, 0.25) is 0 Å². The molecule has 0 spiro atoms. The summed E-state index contributed by atoms with van der Waals surface area (Å²) in [6, 6.07) is 10.8. The third-order valence-corrected chi connectivity index (χ3v) is 2.34. The van der Waals surface area contributed by atoms with Gasteiger partial charge in [0.1, 0.15) is 18.2 Å². The molecule has 0 fully saturated rings. The molecule has 4 heteroatoms. The van der Waals surface area contributed by atoms with Crippen LogP contribution in [0.4, 0.5) is 8.78 Å². The lowest BCUT2D eigenvalue weighted by atomic mass is 10.2. The lowest BCUT2D eigenvalue weighted by molar-refractivity contribution is 0.0472. The number of rotatable bonds is 3. The zero-order valence-electron chi connectivity index (χ0n) is 9.40. The van der Waals surface area contributed by atoms with E-state index < -0.39 is 11.8 Å². The van der Waals surface area contributed by atoms with Crippen molar-refractivity contribution in [2.45, 2.75) is 6.61 Å². The number of benzene rings is 2. The van der Waals surface area contributed by atoms with E-state index in [-0.39, 0.29) is 18.0 Å². The first kappa shape index (κ1) is 12.2. The minimum absolute atomic E-state index is 0.0199. The van der Waals surface area contributed by atoms with Gasteiger partial charge in [-0.2, -0.15) is 0 Å². The molecule has 18 heavy (non-hydrogen) atoms. The van der Waals surface area contributed by atoms with Crippen molar-refractivity contribution in [2.75, 3.05) is 0 Å². The van der Waals surface area contributed by atoms with Gasteiger partial charge in [-0.05, 0) is 42.0 Å². The first-order valence-electron chi connectivity index (χ1n) is 5.32. The molecule has 2 rings (SSSR count). The highest BCUT2D eigenvalue weighted by Gasteiger charge is 2.07. The molecule has 0 bridgehead atoms. The van der Waals surface area contributed by atoms with Gasteiger partial charge in [-0.3, -0.25) is 0 Å². The van der Waals surface area contributed by atoms with Crippen LogP contribution in [0.3, 0.4) is 0 Å². The van der Waals surface area contributed by atoms with Crippen LogP contribution in [0.5, 0.6) is 0 Å². The van der Waals surface area contributed by atoms with E-state index in [2.05, 4.69) is 0 Å². The molecule has 0 amide bonds. The van der Waals surface area contributed by atoms with Crippen molar-refractivity contribution < 1.29 is 18.3 Å². The molecule has 0 saturated carbocycles. The minimum atomic E-state index is -0.570. The molecular weight excluding hydrogens is 238 g/mol. The zero-order valence-corrected chi connectivity index (χ0v) is 9.40. The van der Waals surface area contributed by atoms with Crippen LogP contribution in [-0.4, -0.2) is 5.97 Å². The molecule has 0 aliphatic carbocycles. The van der Waals surface area contributed by atoms with Gasteiger partial charge in [0, 0.05) is 0 Å². The molecular formula is C14H10F2O2. The van der Waals surface area contributed by atoms with Gasteiger partial charge in [-0.1, -0.05) is 12.1 Å². The maximum atomic E-state index is 12.9. The molecule has 2 aromatic carbocycles. The van der Waals surface area contributed by atoms with Crippen molar-refractivity contribution in [1.82, 2.24) is 0 Å². The number of esters is 1. The smallest absolute Gasteiger partial charge is 0.338 e. The fraction of sp³-hybridized carbons (Fsp3) is 0.0714. The quantitative estimate of drug-likeness (QED) is 0.779. The SMILES string of the molecule is O=C(OCc1cccc(F)c1)c1ccc(F)cc1. The van der Waals surface area contributed by atoms with Crippen LogP contribution in [-0.2, 0) is 11.3 Å². The van der Waals surface area contributed by atoms with Crippen LogP contribution in [0.1, 0.15) is 15.9 Å². The maximum absolute atomic E-state index is 12.9. The lowest BCUT2D eigenvalue weighted by Gasteiger charge is -2.05. The Balaban J connectivity index is 1.98. The molecule has 2 nitrogen and oxygen atoms in total. The summed E-state index contributed by atoms with van der Waals surface area (Å²) in [7, 11) is 0. The predicted octanol–water partition coefficient (Wildman–Crippen LogP) is 3.32. The highest BCUT2D eigenvalue weighted by atomic mass is 19.1. The lowest BCUT2D eigenvalue weighted by Crippen LogP contribution is -2.05. The summed E-state index contributed by atoms with van der Waals surface area (Å²) in [5.74, 6) is -1.37. The Kier molecular flexibility index (Phi) is 3.67. The summed E-state index contributed by atoms with van der Waals surface area (Å²) in [4.78, 5) is 11.6. The van der Waals surface area contributed by atoms with E-state index >= 15 is 0 Å². The number of hydrogen-bond acceptors (Lipinski definition) is 2. The number of halogens is 2. The van der Waals surface area contributed by atoms with Crippen LogP contribution in [0.25, 0.3) is 0 Å². The van der Waals surface area contributed by atoms with Gasteiger partial charge in [-0.25, -0.2) is 13.6 Å². The summed E-state index contributed by atoms with van der Waals surface area (Å²) in [5.41, 5.74) is 0.818. The van der Waals surface area contributed by atoms with Gasteiger partial charge in [0.15, 0.2) is 0 Å². The molecule has 2 aromatic rings. The van der Waals surface area contributed by atoms with Gasteiger partial charge < -0.3 is 4.74 Å². The largest absolute Gasteiger partial charge is 0.457 e. The molecule has 0 aliphatic rings. The highest BCUT2D eigenvalue weighted by Crippen LogP contribution is 2.08. The maximum Gasteiger partial charge on any atom is 0.338 e. The Morgan fingerprint density at radius 3 is 2.39 bits per heavy atom. The van der Waals surface area contributed by atoms with E-state index in [9.17, 15) is 13.6 Å². The second-order valence-electron chi connectivity index (χ2n) is 3.71. The van der Waals surface area contributed by atoms with Crippen LogP contribution in [0.2, 0.25) is 0 Å². The van der Waals surface area contributed by atoms with Crippen LogP contribution < -0.4 is 0 Å². The van der Waals surface area contributed by atoms with Crippen molar-refractivity contribution in [3.63, 3.8) is 0 Å². The average Bonchev–Trinajstić information content (AvgIpc) is 2.37. The Morgan fingerprint density at radius 1 is 1.00 bits per heavy atom. The summed E-state index contributed by atoms with van der Waals surface area (Å²) in [6.07, 6.45) is 0. The Hall–Kier alpha value is -2.23. The Bertz CT molecular complexity index is 550. The van der Waals surface area contributed by atoms with Crippen molar-refractivity contribution >= 4 is 5.97 Å². The Morgan fingerprint density at radius 2 is 1.72 bits per heavy atom. The number of carbonyl (C=O) groups excluding carboxylic acids is 1. The fourth-order valence-electron chi connectivity index (χ4n) is 1.44. The molecule has 0 aromatic heterocycles. The molecule has 0 heterocycles. The van der Waals surface area contributed by atoms with E-state index in [1.54, 1.807) is 6.07 Å². The van der Waals surface area contributed by atoms with Gasteiger partial charge in [0.05, 0.1) is 5.56 Å². The van der Waals surface area contributed by atoms with E-state index in [1.165, 1.54) is 42.5 Å². The highest BCUT2D eigenvalue weighted by molar-refractivity contribution is 5.89. The molecule has 0 unspecified atom stereocenters. The van der Waals surface area contributed by atoms with Gasteiger partial charge in [0.25, 0.3) is 0 Å². The topological polar surface area (TPSA) is 26.3 Å². The minimum Gasteiger partial charge on any atom is -0.457 e. The normalized spacial score (nSPS) is 10.1. The summed E-state index contributed by atoms with van der Waals surface area (Å²) in [5, 5.41) is 0. The second kappa shape index (κ2) is 5.40. The van der Waals surface area contributed by atoms with Crippen LogP contribution in [0, 0.1) is 11.6 Å². The monoisotopic (exact) mass is 248 g/mol. The summed E-state index contributed by atoms with van der Waals surface area (Å²) >= 11 is 0. The fourth-order valence-corrected chi connectivity index (χ4v) is 1.44. The molecule has 0 saturated heterocycles. The number of ether oxygens (including phenoxy) is 1. The molecule has 0 aliphatic heterocycles. The van der Waals surface area contributed by atoms with Crippen LogP contribution >= 0.6 is 0 Å². The molecule has 0 atom stereocenters. The third-order valence-electron chi connectivity index (χ3n) is 2.34. The first-order chi connectivity index (χ1) is 8.65. The Labute approximate surface area is 103 Å². The van der Waals surface area contributed by atoms with Crippen molar-refractivity contribution in [1.29, 1.82) is 0 Å². The van der Waals surface area contributed by atoms with E-state index in [0.717, 1.165) is 0 Å². The van der Waals surface area contributed by atoms with Crippen molar-refractivity contribution in [3.05, 3.63) is 71.3 Å². The van der Waals surface area contributed by atoms with Crippen LogP contribution in [0.15, 0.2) is 48.5 Å². The van der Waals surface area contributed by atoms with E-state index in [4.69, 9.17) is 4.74 Å². The first-order valence-corrected chi connectivity index (χ1v) is 5.32. The van der Waals surface area contributed by atoms with Crippen molar-refractivity contribution in [3.8, 4) is 0 Å². The summed E-state index contributed by atoms with van der Waals surface area (Å²) < 4.78 is 30.5. The molecule has 0 radical (unpaired) electrons. The molecule has 0 N–H and O–H groups in total. The van der Waals surface area contributed by atoms with E-state index in [1.807, 2.05) is 0 Å². The average molecular weight is 248 g/mol.